The Morgan fingerprint density at radius 3 is 2.46 bits per heavy atom. The van der Waals surface area contributed by atoms with Crippen LogP contribution in [0.3, 0.4) is 0 Å². The average Bonchev–Trinajstić information content (AvgIpc) is 2.64. The number of carbonyl (C=O) groups is 1. The first-order chi connectivity index (χ1) is 11.8. The van der Waals surface area contributed by atoms with Crippen LogP contribution in [0.1, 0.15) is 70.6 Å². The summed E-state index contributed by atoms with van der Waals surface area (Å²) in [5.41, 5.74) is 0. The third-order valence-electron chi connectivity index (χ3n) is 5.96. The summed E-state index contributed by atoms with van der Waals surface area (Å²) < 4.78 is 5.70. The van der Waals surface area contributed by atoms with Crippen LogP contribution in [-0.4, -0.2) is 55.4 Å². The molecule has 2 heterocycles. The Morgan fingerprint density at radius 1 is 0.958 bits per heavy atom. The van der Waals surface area contributed by atoms with Crippen molar-refractivity contribution in [2.24, 2.45) is 0 Å². The highest BCUT2D eigenvalue weighted by molar-refractivity contribution is 5.74. The number of piperidine rings is 1. The lowest BCUT2D eigenvalue weighted by Crippen LogP contribution is -2.48. The normalized spacial score (nSPS) is 32.2. The third-order valence-corrected chi connectivity index (χ3v) is 5.96. The molecule has 24 heavy (non-hydrogen) atoms. The van der Waals surface area contributed by atoms with E-state index < -0.39 is 0 Å². The maximum Gasteiger partial charge on any atom is 0.315 e. The Morgan fingerprint density at radius 2 is 1.75 bits per heavy atom. The van der Waals surface area contributed by atoms with E-state index in [0.717, 1.165) is 44.9 Å². The summed E-state index contributed by atoms with van der Waals surface area (Å²) in [5.74, 6) is 0. The molecule has 2 aliphatic heterocycles. The van der Waals surface area contributed by atoms with Gasteiger partial charge in [-0.3, -0.25) is 0 Å². The Kier molecular flexibility index (Phi) is 7.21. The van der Waals surface area contributed by atoms with Gasteiger partial charge in [-0.15, -0.1) is 0 Å². The Hall–Kier alpha value is -0.810. The Bertz CT molecular complexity index is 371. The van der Waals surface area contributed by atoms with Crippen molar-refractivity contribution in [1.82, 2.24) is 15.5 Å². The van der Waals surface area contributed by atoms with Gasteiger partial charge < -0.3 is 20.3 Å². The van der Waals surface area contributed by atoms with E-state index in [2.05, 4.69) is 15.5 Å². The molecule has 1 atom stereocenters. The molecule has 5 nitrogen and oxygen atoms in total. The van der Waals surface area contributed by atoms with Gasteiger partial charge in [-0.2, -0.15) is 0 Å². The number of rotatable bonds is 5. The summed E-state index contributed by atoms with van der Waals surface area (Å²) >= 11 is 0. The second kappa shape index (κ2) is 9.62. The number of likely N-dealkylation sites (tertiary alicyclic amines) is 1. The number of nitrogens with zero attached hydrogens (tertiary/aromatic N) is 1. The maximum absolute atomic E-state index is 12.1. The molecule has 1 saturated carbocycles. The van der Waals surface area contributed by atoms with Crippen molar-refractivity contribution in [3.8, 4) is 0 Å². The van der Waals surface area contributed by atoms with Crippen LogP contribution in [0, 0.1) is 0 Å². The summed E-state index contributed by atoms with van der Waals surface area (Å²) in [7, 11) is 0. The molecule has 3 aliphatic rings. The predicted molar refractivity (Wildman–Crippen MR) is 96.2 cm³/mol. The minimum Gasteiger partial charge on any atom is -0.378 e. The van der Waals surface area contributed by atoms with Gasteiger partial charge in [0, 0.05) is 25.2 Å². The molecule has 0 aromatic carbocycles. The lowest BCUT2D eigenvalue weighted by atomic mass is 9.89. The molecule has 2 amide bonds. The molecule has 1 unspecified atom stereocenters. The topological polar surface area (TPSA) is 53.6 Å². The van der Waals surface area contributed by atoms with Crippen LogP contribution >= 0.6 is 0 Å². The molecular weight excluding hydrogens is 302 g/mol. The maximum atomic E-state index is 12.1. The minimum atomic E-state index is 0.00670. The molecule has 0 aromatic heterocycles. The highest BCUT2D eigenvalue weighted by Gasteiger charge is 2.27. The molecule has 0 aromatic rings. The van der Waals surface area contributed by atoms with Crippen LogP contribution in [0.25, 0.3) is 0 Å². The molecule has 2 N–H and O–H groups in total. The first kappa shape index (κ1) is 18.0. The minimum absolute atomic E-state index is 0.00670. The zero-order chi connectivity index (χ0) is 16.6. The number of hydrogen-bond donors (Lipinski definition) is 2. The molecule has 0 spiro atoms. The molecule has 1 aliphatic carbocycles. The fourth-order valence-corrected chi connectivity index (χ4v) is 4.49. The number of nitrogens with one attached hydrogen (secondary N) is 2. The van der Waals surface area contributed by atoms with Crippen molar-refractivity contribution in [1.29, 1.82) is 0 Å². The number of urea groups is 1. The predicted octanol–water partition coefficient (Wildman–Crippen LogP) is 3.04. The fraction of sp³-hybridized carbons (Fsp3) is 0.947. The van der Waals surface area contributed by atoms with E-state index >= 15 is 0 Å². The summed E-state index contributed by atoms with van der Waals surface area (Å²) in [6.45, 7) is 4.18. The van der Waals surface area contributed by atoms with Crippen LogP contribution < -0.4 is 10.6 Å². The first-order valence-electron chi connectivity index (χ1n) is 10.2. The van der Waals surface area contributed by atoms with Gasteiger partial charge in [0.1, 0.15) is 0 Å². The van der Waals surface area contributed by atoms with E-state index in [-0.39, 0.29) is 6.03 Å². The second-order valence-electron chi connectivity index (χ2n) is 7.78. The molecular formula is C19H35N3O2. The van der Waals surface area contributed by atoms with Gasteiger partial charge in [-0.1, -0.05) is 6.42 Å². The van der Waals surface area contributed by atoms with E-state index in [4.69, 9.17) is 4.74 Å². The third kappa shape index (κ3) is 5.62. The van der Waals surface area contributed by atoms with Crippen LogP contribution in [-0.2, 0) is 4.74 Å². The lowest BCUT2D eigenvalue weighted by molar-refractivity contribution is 0.0120. The number of carbonyl (C=O) groups excluding carboxylic acids is 1. The van der Waals surface area contributed by atoms with Gasteiger partial charge in [0.05, 0.1) is 6.10 Å². The lowest BCUT2D eigenvalue weighted by Gasteiger charge is -2.39. The molecule has 3 rings (SSSR count). The summed E-state index contributed by atoms with van der Waals surface area (Å²) in [6, 6.07) is 1.12. The van der Waals surface area contributed by atoms with Gasteiger partial charge in [-0.25, -0.2) is 4.79 Å². The van der Waals surface area contributed by atoms with Crippen molar-refractivity contribution >= 4 is 6.03 Å². The summed E-state index contributed by atoms with van der Waals surface area (Å²) in [6.07, 6.45) is 13.7. The van der Waals surface area contributed by atoms with Crippen molar-refractivity contribution in [3.05, 3.63) is 0 Å². The van der Waals surface area contributed by atoms with Crippen molar-refractivity contribution < 1.29 is 9.53 Å². The van der Waals surface area contributed by atoms with E-state index in [0.29, 0.717) is 12.1 Å². The quantitative estimate of drug-likeness (QED) is 0.811. The van der Waals surface area contributed by atoms with Gasteiger partial charge >= 0.3 is 6.03 Å². The molecule has 0 radical (unpaired) electrons. The van der Waals surface area contributed by atoms with Crippen LogP contribution in [0.5, 0.6) is 0 Å². The molecule has 3 fully saturated rings. The molecule has 2 saturated heterocycles. The Balaban J connectivity index is 1.27. The molecule has 138 valence electrons. The second-order valence-corrected chi connectivity index (χ2v) is 7.78. The number of hydrogen-bond acceptors (Lipinski definition) is 3. The zero-order valence-corrected chi connectivity index (χ0v) is 15.1. The van der Waals surface area contributed by atoms with Crippen LogP contribution in [0.2, 0.25) is 0 Å². The van der Waals surface area contributed by atoms with Gasteiger partial charge in [0.15, 0.2) is 0 Å². The van der Waals surface area contributed by atoms with E-state index in [1.165, 1.54) is 58.0 Å². The fourth-order valence-electron chi connectivity index (χ4n) is 4.49. The van der Waals surface area contributed by atoms with E-state index in [1.807, 2.05) is 0 Å². The van der Waals surface area contributed by atoms with Crippen molar-refractivity contribution in [3.63, 3.8) is 0 Å². The van der Waals surface area contributed by atoms with Gasteiger partial charge in [-0.05, 0) is 77.3 Å². The largest absolute Gasteiger partial charge is 0.378 e. The zero-order valence-electron chi connectivity index (χ0n) is 15.1. The monoisotopic (exact) mass is 337 g/mol. The van der Waals surface area contributed by atoms with Crippen molar-refractivity contribution in [2.75, 3.05) is 26.2 Å². The number of amides is 2. The van der Waals surface area contributed by atoms with Crippen molar-refractivity contribution in [2.45, 2.75) is 88.8 Å². The van der Waals surface area contributed by atoms with E-state index in [1.54, 1.807) is 0 Å². The van der Waals surface area contributed by atoms with E-state index in [9.17, 15) is 4.79 Å². The van der Waals surface area contributed by atoms with Crippen LogP contribution in [0.4, 0.5) is 4.79 Å². The summed E-state index contributed by atoms with van der Waals surface area (Å²) in [5, 5.41) is 6.18. The molecule has 5 heteroatoms. The van der Waals surface area contributed by atoms with Gasteiger partial charge in [0.2, 0.25) is 0 Å². The van der Waals surface area contributed by atoms with Crippen LogP contribution in [0.15, 0.2) is 0 Å². The Labute approximate surface area is 146 Å². The highest BCUT2D eigenvalue weighted by Crippen LogP contribution is 2.25. The highest BCUT2D eigenvalue weighted by atomic mass is 16.5. The SMILES string of the molecule is O=C(NCCC1CCCCO1)NC1CCC(N2CCCCC2)CC1. The standard InChI is InChI=1S/C19H35N3O2/c23-19(20-12-11-18-6-2-5-15-24-18)21-16-7-9-17(10-8-16)22-13-3-1-4-14-22/h16-18H,1-15H2,(H2,20,21,23). The smallest absolute Gasteiger partial charge is 0.315 e. The number of ether oxygens (including phenoxy) is 1. The van der Waals surface area contributed by atoms with Gasteiger partial charge in [0.25, 0.3) is 0 Å². The molecule has 0 bridgehead atoms. The summed E-state index contributed by atoms with van der Waals surface area (Å²) in [4.78, 5) is 14.7. The average molecular weight is 338 g/mol. The first-order valence-corrected chi connectivity index (χ1v) is 10.2.